The number of carbonyl (C=O) groups is 6. The van der Waals surface area contributed by atoms with Gasteiger partial charge in [-0.3, -0.25) is 39.0 Å². The van der Waals surface area contributed by atoms with Gasteiger partial charge in [0.25, 0.3) is 11.8 Å². The zero-order valence-electron chi connectivity index (χ0n) is 16.6. The molecular formula is C20H22N4O7. The molecule has 2 aliphatic heterocycles. The molecule has 0 aromatic heterocycles. The molecule has 2 heterocycles. The smallest absolute Gasteiger partial charge is 0.303 e. The van der Waals surface area contributed by atoms with Crippen molar-refractivity contribution in [1.82, 2.24) is 15.5 Å². The minimum atomic E-state index is -1.04. The number of anilines is 1. The number of nitrogens with zero attached hydrogens (tertiary/aromatic N) is 1. The largest absolute Gasteiger partial charge is 0.481 e. The molecule has 1 fully saturated rings. The third-order valence-electron chi connectivity index (χ3n) is 5.03. The van der Waals surface area contributed by atoms with Crippen LogP contribution in [0, 0.1) is 0 Å². The lowest BCUT2D eigenvalue weighted by molar-refractivity contribution is -0.138. The number of carboxylic acid groups (broad SMARTS) is 1. The summed E-state index contributed by atoms with van der Waals surface area (Å²) in [7, 11) is 0. The monoisotopic (exact) mass is 430 g/mol. The van der Waals surface area contributed by atoms with Crippen LogP contribution in [-0.2, 0) is 19.2 Å². The van der Waals surface area contributed by atoms with E-state index in [0.717, 1.165) is 4.90 Å². The predicted molar refractivity (Wildman–Crippen MR) is 106 cm³/mol. The van der Waals surface area contributed by atoms with Gasteiger partial charge < -0.3 is 15.7 Å². The first-order chi connectivity index (χ1) is 14.8. The SMILES string of the molecule is O=C(O)CCCC(=O)NCCNc1cccc2c1C(=O)N(C1CCC(=O)NC1=O)C2=O. The van der Waals surface area contributed by atoms with Crippen LogP contribution in [-0.4, -0.2) is 64.6 Å². The number of hydrogen-bond donors (Lipinski definition) is 4. The summed E-state index contributed by atoms with van der Waals surface area (Å²) in [6, 6.07) is 3.68. The molecule has 3 rings (SSSR count). The Kier molecular flexibility index (Phi) is 6.63. The van der Waals surface area contributed by atoms with Crippen molar-refractivity contribution in [3.63, 3.8) is 0 Å². The minimum absolute atomic E-state index is 0.0427. The molecule has 2 aliphatic rings. The van der Waals surface area contributed by atoms with Crippen molar-refractivity contribution in [3.05, 3.63) is 29.3 Å². The molecule has 11 heteroatoms. The molecule has 0 bridgehead atoms. The highest BCUT2D eigenvalue weighted by Crippen LogP contribution is 2.32. The van der Waals surface area contributed by atoms with E-state index in [1.807, 2.05) is 0 Å². The van der Waals surface area contributed by atoms with Gasteiger partial charge in [0, 0.05) is 38.0 Å². The van der Waals surface area contributed by atoms with Gasteiger partial charge in [0.1, 0.15) is 6.04 Å². The van der Waals surface area contributed by atoms with Crippen molar-refractivity contribution in [2.45, 2.75) is 38.1 Å². The van der Waals surface area contributed by atoms with E-state index in [-0.39, 0.29) is 62.2 Å². The van der Waals surface area contributed by atoms with Crippen LogP contribution in [0.15, 0.2) is 18.2 Å². The van der Waals surface area contributed by atoms with Crippen LogP contribution < -0.4 is 16.0 Å². The number of rotatable bonds is 9. The fourth-order valence-corrected chi connectivity index (χ4v) is 3.55. The van der Waals surface area contributed by atoms with Crippen molar-refractivity contribution in [2.24, 2.45) is 0 Å². The molecule has 0 saturated carbocycles. The average molecular weight is 430 g/mol. The predicted octanol–water partition coefficient (Wildman–Crippen LogP) is -0.129. The zero-order chi connectivity index (χ0) is 22.5. The van der Waals surface area contributed by atoms with Gasteiger partial charge in [-0.05, 0) is 25.0 Å². The number of carboxylic acids is 1. The van der Waals surface area contributed by atoms with Gasteiger partial charge >= 0.3 is 5.97 Å². The number of piperidine rings is 1. The number of benzene rings is 1. The maximum Gasteiger partial charge on any atom is 0.303 e. The molecule has 5 amide bonds. The van der Waals surface area contributed by atoms with Crippen molar-refractivity contribution in [2.75, 3.05) is 18.4 Å². The van der Waals surface area contributed by atoms with Gasteiger partial charge in [0.15, 0.2) is 0 Å². The summed E-state index contributed by atoms with van der Waals surface area (Å²) in [5.41, 5.74) is 0.702. The number of aliphatic carboxylic acids is 1. The summed E-state index contributed by atoms with van der Waals surface area (Å²) in [6.07, 6.45) is 0.379. The third kappa shape index (κ3) is 4.87. The van der Waals surface area contributed by atoms with E-state index in [4.69, 9.17) is 5.11 Å². The fraction of sp³-hybridized carbons (Fsp3) is 0.400. The zero-order valence-corrected chi connectivity index (χ0v) is 16.6. The van der Waals surface area contributed by atoms with E-state index < -0.39 is 35.6 Å². The van der Waals surface area contributed by atoms with Gasteiger partial charge in [-0.1, -0.05) is 6.07 Å². The second kappa shape index (κ2) is 9.37. The molecule has 31 heavy (non-hydrogen) atoms. The average Bonchev–Trinajstić information content (AvgIpc) is 2.96. The first-order valence-electron chi connectivity index (χ1n) is 9.86. The summed E-state index contributed by atoms with van der Waals surface area (Å²) >= 11 is 0. The Labute approximate surface area is 177 Å². The standard InChI is InChI=1S/C20H22N4O7/c25-14(5-2-6-16(27)28)22-10-9-21-12-4-1-3-11-17(12)20(31)24(19(11)30)13-7-8-15(26)23-18(13)29/h1,3-4,13,21H,2,5-10H2,(H,22,25)(H,27,28)(H,23,26,29). The van der Waals surface area contributed by atoms with Gasteiger partial charge in [0.05, 0.1) is 11.1 Å². The molecule has 4 N–H and O–H groups in total. The molecule has 11 nitrogen and oxygen atoms in total. The van der Waals surface area contributed by atoms with Crippen LogP contribution in [0.3, 0.4) is 0 Å². The lowest BCUT2D eigenvalue weighted by Crippen LogP contribution is -2.54. The van der Waals surface area contributed by atoms with Crippen LogP contribution in [0.2, 0.25) is 0 Å². The number of carbonyl (C=O) groups excluding carboxylic acids is 5. The highest BCUT2D eigenvalue weighted by Gasteiger charge is 2.45. The second-order valence-corrected chi connectivity index (χ2v) is 7.20. The van der Waals surface area contributed by atoms with Crippen LogP contribution >= 0.6 is 0 Å². The van der Waals surface area contributed by atoms with E-state index in [0.29, 0.717) is 5.69 Å². The number of fused-ring (bicyclic) bond motifs is 1. The van der Waals surface area contributed by atoms with Crippen molar-refractivity contribution < 1.29 is 33.9 Å². The summed E-state index contributed by atoms with van der Waals surface area (Å²) in [5, 5.41) is 16.4. The van der Waals surface area contributed by atoms with Gasteiger partial charge in [0.2, 0.25) is 17.7 Å². The number of hydrogen-bond acceptors (Lipinski definition) is 7. The van der Waals surface area contributed by atoms with Crippen LogP contribution in [0.25, 0.3) is 0 Å². The molecule has 1 aromatic rings. The molecule has 0 aliphatic carbocycles. The molecule has 164 valence electrons. The number of amides is 5. The Morgan fingerprint density at radius 3 is 2.58 bits per heavy atom. The Morgan fingerprint density at radius 1 is 1.10 bits per heavy atom. The number of imide groups is 2. The van der Waals surface area contributed by atoms with E-state index in [1.54, 1.807) is 12.1 Å². The van der Waals surface area contributed by atoms with Crippen LogP contribution in [0.5, 0.6) is 0 Å². The molecular weight excluding hydrogens is 408 g/mol. The first kappa shape index (κ1) is 21.9. The normalized spacial score (nSPS) is 17.9. The fourth-order valence-electron chi connectivity index (χ4n) is 3.55. The quantitative estimate of drug-likeness (QED) is 0.311. The molecule has 0 spiro atoms. The molecule has 0 radical (unpaired) electrons. The first-order valence-corrected chi connectivity index (χ1v) is 9.86. The summed E-state index contributed by atoms with van der Waals surface area (Å²) in [5.74, 6) is -3.56. The lowest BCUT2D eigenvalue weighted by atomic mass is 10.0. The van der Waals surface area contributed by atoms with Crippen molar-refractivity contribution in [3.8, 4) is 0 Å². The Hall–Kier alpha value is -3.76. The second-order valence-electron chi connectivity index (χ2n) is 7.20. The topological polar surface area (TPSA) is 162 Å². The maximum absolute atomic E-state index is 13.0. The van der Waals surface area contributed by atoms with E-state index in [9.17, 15) is 28.8 Å². The Balaban J connectivity index is 1.60. The van der Waals surface area contributed by atoms with Gasteiger partial charge in [-0.15, -0.1) is 0 Å². The van der Waals surface area contributed by atoms with Crippen LogP contribution in [0.1, 0.15) is 52.8 Å². The maximum atomic E-state index is 13.0. The molecule has 1 atom stereocenters. The minimum Gasteiger partial charge on any atom is -0.481 e. The van der Waals surface area contributed by atoms with Crippen LogP contribution in [0.4, 0.5) is 5.69 Å². The van der Waals surface area contributed by atoms with E-state index in [1.165, 1.54) is 6.07 Å². The van der Waals surface area contributed by atoms with E-state index >= 15 is 0 Å². The molecule has 1 aromatic carbocycles. The third-order valence-corrected chi connectivity index (χ3v) is 5.03. The molecule has 1 saturated heterocycles. The highest BCUT2D eigenvalue weighted by molar-refractivity contribution is 6.25. The van der Waals surface area contributed by atoms with Crippen molar-refractivity contribution >= 4 is 41.2 Å². The Bertz CT molecular complexity index is 959. The lowest BCUT2D eigenvalue weighted by Gasteiger charge is -2.27. The molecule has 1 unspecified atom stereocenters. The Morgan fingerprint density at radius 2 is 1.87 bits per heavy atom. The summed E-state index contributed by atoms with van der Waals surface area (Å²) < 4.78 is 0. The van der Waals surface area contributed by atoms with Gasteiger partial charge in [-0.2, -0.15) is 0 Å². The summed E-state index contributed by atoms with van der Waals surface area (Å²) in [6.45, 7) is 0.496. The highest BCUT2D eigenvalue weighted by atomic mass is 16.4. The van der Waals surface area contributed by atoms with Gasteiger partial charge in [-0.25, -0.2) is 0 Å². The van der Waals surface area contributed by atoms with Crippen molar-refractivity contribution in [1.29, 1.82) is 0 Å². The number of nitrogens with one attached hydrogen (secondary N) is 3. The summed E-state index contributed by atoms with van der Waals surface area (Å²) in [4.78, 5) is 72.3. The van der Waals surface area contributed by atoms with E-state index in [2.05, 4.69) is 16.0 Å².